The fourth-order valence-electron chi connectivity index (χ4n) is 2.20. The van der Waals surface area contributed by atoms with Crippen molar-refractivity contribution in [3.63, 3.8) is 0 Å². The smallest absolute Gasteiger partial charge is 0.0719 e. The molecular weight excluding hydrogens is 216 g/mol. The number of ether oxygens (including phenoxy) is 1. The minimum absolute atomic E-state index is 0.428. The van der Waals surface area contributed by atoms with Crippen molar-refractivity contribution in [1.82, 2.24) is 14.7 Å². The lowest BCUT2D eigenvalue weighted by molar-refractivity contribution is 0.0734. The molecule has 0 bridgehead atoms. The van der Waals surface area contributed by atoms with Crippen LogP contribution < -0.4 is 5.73 Å². The normalized spacial score (nSPS) is 20.2. The van der Waals surface area contributed by atoms with E-state index < -0.39 is 0 Å². The summed E-state index contributed by atoms with van der Waals surface area (Å²) < 4.78 is 7.55. The Morgan fingerprint density at radius 3 is 3.12 bits per heavy atom. The van der Waals surface area contributed by atoms with Crippen LogP contribution in [0.25, 0.3) is 0 Å². The zero-order valence-electron chi connectivity index (χ0n) is 10.5. The fraction of sp³-hybridized carbons (Fsp3) is 0.750. The number of likely N-dealkylation sites (N-methyl/N-ethyl adjacent to an activating group) is 1. The van der Waals surface area contributed by atoms with Gasteiger partial charge in [-0.2, -0.15) is 5.10 Å². The molecule has 1 unspecified atom stereocenters. The van der Waals surface area contributed by atoms with Crippen molar-refractivity contribution in [3.8, 4) is 0 Å². The molecule has 2 N–H and O–H groups in total. The lowest BCUT2D eigenvalue weighted by Crippen LogP contribution is -2.34. The maximum Gasteiger partial charge on any atom is 0.0719 e. The third kappa shape index (κ3) is 3.71. The van der Waals surface area contributed by atoms with Gasteiger partial charge in [-0.05, 0) is 19.4 Å². The second kappa shape index (κ2) is 6.02. The highest BCUT2D eigenvalue weighted by Crippen LogP contribution is 2.13. The van der Waals surface area contributed by atoms with E-state index >= 15 is 0 Å². The summed E-state index contributed by atoms with van der Waals surface area (Å²) in [5.41, 5.74) is 6.36. The van der Waals surface area contributed by atoms with Crippen molar-refractivity contribution in [2.45, 2.75) is 32.4 Å². The highest BCUT2D eigenvalue weighted by molar-refractivity contribution is 5.30. The summed E-state index contributed by atoms with van der Waals surface area (Å²) in [4.78, 5) is 2.41. The second-order valence-electron chi connectivity index (χ2n) is 4.56. The number of rotatable bonds is 6. The van der Waals surface area contributed by atoms with Gasteiger partial charge in [-0.1, -0.05) is 6.92 Å². The quantitative estimate of drug-likeness (QED) is 0.802. The van der Waals surface area contributed by atoms with Crippen molar-refractivity contribution in [2.24, 2.45) is 0 Å². The SMILES string of the molecule is CCN(CCn1cc(N)cn1)CC1CCCO1. The molecule has 0 aliphatic carbocycles. The van der Waals surface area contributed by atoms with Crippen molar-refractivity contribution in [3.05, 3.63) is 12.4 Å². The van der Waals surface area contributed by atoms with Gasteiger partial charge in [0.2, 0.25) is 0 Å². The zero-order valence-corrected chi connectivity index (χ0v) is 10.5. The van der Waals surface area contributed by atoms with Gasteiger partial charge in [0.25, 0.3) is 0 Å². The van der Waals surface area contributed by atoms with E-state index in [1.54, 1.807) is 6.20 Å². The Hall–Kier alpha value is -1.07. The molecule has 5 heteroatoms. The van der Waals surface area contributed by atoms with Gasteiger partial charge in [0.05, 0.1) is 24.5 Å². The van der Waals surface area contributed by atoms with Crippen LogP contribution in [0.5, 0.6) is 0 Å². The van der Waals surface area contributed by atoms with Crippen molar-refractivity contribution in [2.75, 3.05) is 32.0 Å². The molecule has 1 aromatic heterocycles. The molecule has 2 rings (SSSR count). The predicted octanol–water partition coefficient (Wildman–Crippen LogP) is 0.966. The first kappa shape index (κ1) is 12.4. The summed E-state index contributed by atoms with van der Waals surface area (Å²) in [6.45, 7) is 7.09. The summed E-state index contributed by atoms with van der Waals surface area (Å²) in [6.07, 6.45) is 6.40. The van der Waals surface area contributed by atoms with Crippen LogP contribution in [-0.4, -0.2) is 47.0 Å². The zero-order chi connectivity index (χ0) is 12.1. The van der Waals surface area contributed by atoms with Crippen molar-refractivity contribution >= 4 is 5.69 Å². The summed E-state index contributed by atoms with van der Waals surface area (Å²) in [7, 11) is 0. The molecule has 5 nitrogen and oxygen atoms in total. The molecule has 0 amide bonds. The van der Waals surface area contributed by atoms with Gasteiger partial charge in [-0.15, -0.1) is 0 Å². The van der Waals surface area contributed by atoms with Gasteiger partial charge >= 0.3 is 0 Å². The molecule has 0 spiro atoms. The van der Waals surface area contributed by atoms with E-state index in [4.69, 9.17) is 10.5 Å². The standard InChI is InChI=1S/C12H22N4O/c1-2-15(10-12-4-3-7-17-12)5-6-16-9-11(13)8-14-16/h8-9,12H,2-7,10,13H2,1H3. The van der Waals surface area contributed by atoms with Gasteiger partial charge in [0, 0.05) is 25.9 Å². The minimum Gasteiger partial charge on any atom is -0.396 e. The number of aromatic nitrogens is 2. The van der Waals surface area contributed by atoms with E-state index in [9.17, 15) is 0 Å². The van der Waals surface area contributed by atoms with E-state index in [-0.39, 0.29) is 0 Å². The third-order valence-corrected chi connectivity index (χ3v) is 3.23. The van der Waals surface area contributed by atoms with Crippen LogP contribution in [0.1, 0.15) is 19.8 Å². The molecule has 1 fully saturated rings. The Morgan fingerprint density at radius 2 is 2.53 bits per heavy atom. The highest BCUT2D eigenvalue weighted by Gasteiger charge is 2.18. The summed E-state index contributed by atoms with van der Waals surface area (Å²) in [5.74, 6) is 0. The maximum atomic E-state index is 5.66. The molecule has 1 aliphatic heterocycles. The Morgan fingerprint density at radius 1 is 1.65 bits per heavy atom. The van der Waals surface area contributed by atoms with Gasteiger partial charge in [-0.25, -0.2) is 0 Å². The Bertz CT molecular complexity index is 333. The molecule has 1 aromatic rings. The van der Waals surface area contributed by atoms with Crippen LogP contribution in [0, 0.1) is 0 Å². The van der Waals surface area contributed by atoms with Crippen molar-refractivity contribution < 1.29 is 4.74 Å². The molecule has 0 aromatic carbocycles. The van der Waals surface area contributed by atoms with Gasteiger partial charge in [0.1, 0.15) is 0 Å². The van der Waals surface area contributed by atoms with E-state index in [2.05, 4.69) is 16.9 Å². The lowest BCUT2D eigenvalue weighted by Gasteiger charge is -2.23. The average Bonchev–Trinajstić information content (AvgIpc) is 2.96. The lowest BCUT2D eigenvalue weighted by atomic mass is 10.2. The van der Waals surface area contributed by atoms with Crippen LogP contribution in [0.4, 0.5) is 5.69 Å². The monoisotopic (exact) mass is 238 g/mol. The largest absolute Gasteiger partial charge is 0.396 e. The van der Waals surface area contributed by atoms with Crippen LogP contribution in [0.3, 0.4) is 0 Å². The molecule has 2 heterocycles. The Labute approximate surface area is 103 Å². The van der Waals surface area contributed by atoms with Crippen LogP contribution in [0.2, 0.25) is 0 Å². The topological polar surface area (TPSA) is 56.3 Å². The number of nitrogen functional groups attached to an aromatic ring is 1. The number of hydrogen-bond donors (Lipinski definition) is 1. The van der Waals surface area contributed by atoms with Gasteiger partial charge in [0.15, 0.2) is 0 Å². The average molecular weight is 238 g/mol. The van der Waals surface area contributed by atoms with E-state index in [0.29, 0.717) is 6.10 Å². The van der Waals surface area contributed by atoms with E-state index in [0.717, 1.165) is 38.5 Å². The van der Waals surface area contributed by atoms with E-state index in [1.807, 2.05) is 10.9 Å². The first-order valence-electron chi connectivity index (χ1n) is 6.40. The highest BCUT2D eigenvalue weighted by atomic mass is 16.5. The van der Waals surface area contributed by atoms with Gasteiger partial charge in [-0.3, -0.25) is 9.58 Å². The third-order valence-electron chi connectivity index (χ3n) is 3.23. The molecule has 1 aliphatic rings. The van der Waals surface area contributed by atoms with Crippen LogP contribution in [0.15, 0.2) is 12.4 Å². The summed E-state index contributed by atoms with van der Waals surface area (Å²) in [5, 5.41) is 4.19. The number of anilines is 1. The van der Waals surface area contributed by atoms with Crippen LogP contribution >= 0.6 is 0 Å². The number of nitrogens with two attached hydrogens (primary N) is 1. The molecule has 1 atom stereocenters. The number of nitrogens with zero attached hydrogens (tertiary/aromatic N) is 3. The minimum atomic E-state index is 0.428. The summed E-state index contributed by atoms with van der Waals surface area (Å²) >= 11 is 0. The maximum absolute atomic E-state index is 5.66. The van der Waals surface area contributed by atoms with Gasteiger partial charge < -0.3 is 10.5 Å². The number of hydrogen-bond acceptors (Lipinski definition) is 4. The molecule has 1 saturated heterocycles. The molecular formula is C12H22N4O. The molecule has 17 heavy (non-hydrogen) atoms. The Balaban J connectivity index is 1.74. The van der Waals surface area contributed by atoms with Crippen molar-refractivity contribution in [1.29, 1.82) is 0 Å². The fourth-order valence-corrected chi connectivity index (χ4v) is 2.20. The molecule has 0 radical (unpaired) electrons. The molecule has 96 valence electrons. The first-order valence-corrected chi connectivity index (χ1v) is 6.40. The Kier molecular flexibility index (Phi) is 4.39. The van der Waals surface area contributed by atoms with Crippen LogP contribution in [-0.2, 0) is 11.3 Å². The molecule has 0 saturated carbocycles. The second-order valence-corrected chi connectivity index (χ2v) is 4.56. The van der Waals surface area contributed by atoms with E-state index in [1.165, 1.54) is 12.8 Å². The first-order chi connectivity index (χ1) is 8.28. The predicted molar refractivity (Wildman–Crippen MR) is 67.7 cm³/mol. The summed E-state index contributed by atoms with van der Waals surface area (Å²) in [6, 6.07) is 0.